The van der Waals surface area contributed by atoms with Crippen LogP contribution in [0.25, 0.3) is 0 Å². The van der Waals surface area contributed by atoms with Crippen molar-refractivity contribution in [3.8, 4) is 11.5 Å². The van der Waals surface area contributed by atoms with Crippen molar-refractivity contribution in [2.75, 3.05) is 20.3 Å². The molecule has 2 aromatic carbocycles. The van der Waals surface area contributed by atoms with Crippen molar-refractivity contribution in [2.24, 2.45) is 0 Å². The largest absolute Gasteiger partial charge is 0.496 e. The van der Waals surface area contributed by atoms with Crippen LogP contribution in [0.3, 0.4) is 0 Å². The molecule has 0 fully saturated rings. The van der Waals surface area contributed by atoms with Gasteiger partial charge in [0.25, 0.3) is 5.91 Å². The molecule has 6 heteroatoms. The summed E-state index contributed by atoms with van der Waals surface area (Å²) in [5.41, 5.74) is 2.46. The highest BCUT2D eigenvalue weighted by Crippen LogP contribution is 2.25. The Labute approximate surface area is 172 Å². The standard InChI is InChI=1S/C23H30N2O4/c1-5-6-13-29-19-10-8-18(9-11-19)23(27)24-15-22(26)25-17(3)20-14-16(2)7-12-21(20)28-4/h7-12,14,17H,5-6,13,15H2,1-4H3,(H,24,27)(H,25,26)/t17-/m1/s1. The van der Waals surface area contributed by atoms with E-state index in [2.05, 4.69) is 17.6 Å². The Morgan fingerprint density at radius 3 is 2.48 bits per heavy atom. The van der Waals surface area contributed by atoms with E-state index < -0.39 is 0 Å². The first-order valence-corrected chi connectivity index (χ1v) is 9.89. The quantitative estimate of drug-likeness (QED) is 0.597. The fourth-order valence-electron chi connectivity index (χ4n) is 2.86. The van der Waals surface area contributed by atoms with Crippen LogP contribution < -0.4 is 20.1 Å². The Morgan fingerprint density at radius 1 is 1.10 bits per heavy atom. The Morgan fingerprint density at radius 2 is 1.83 bits per heavy atom. The molecule has 0 spiro atoms. The molecule has 2 amide bonds. The van der Waals surface area contributed by atoms with Crippen molar-refractivity contribution in [1.82, 2.24) is 10.6 Å². The summed E-state index contributed by atoms with van der Waals surface area (Å²) >= 11 is 0. The van der Waals surface area contributed by atoms with Gasteiger partial charge in [0.15, 0.2) is 0 Å². The summed E-state index contributed by atoms with van der Waals surface area (Å²) in [5, 5.41) is 5.53. The molecular weight excluding hydrogens is 368 g/mol. The summed E-state index contributed by atoms with van der Waals surface area (Å²) in [6, 6.07) is 12.5. The van der Waals surface area contributed by atoms with Gasteiger partial charge in [-0.15, -0.1) is 0 Å². The van der Waals surface area contributed by atoms with Gasteiger partial charge in [-0.05, 0) is 50.6 Å². The highest BCUT2D eigenvalue weighted by Gasteiger charge is 2.15. The summed E-state index contributed by atoms with van der Waals surface area (Å²) in [6.07, 6.45) is 2.06. The number of carbonyl (C=O) groups is 2. The number of hydrogen-bond donors (Lipinski definition) is 2. The molecule has 0 saturated heterocycles. The Kier molecular flexibility index (Phi) is 8.52. The van der Waals surface area contributed by atoms with Crippen molar-refractivity contribution in [1.29, 1.82) is 0 Å². The number of ether oxygens (including phenoxy) is 2. The number of aryl methyl sites for hydroxylation is 1. The van der Waals surface area contributed by atoms with E-state index in [1.165, 1.54) is 0 Å². The van der Waals surface area contributed by atoms with Crippen LogP contribution in [0, 0.1) is 6.92 Å². The van der Waals surface area contributed by atoms with E-state index in [1.807, 2.05) is 32.0 Å². The first-order chi connectivity index (χ1) is 13.9. The van der Waals surface area contributed by atoms with E-state index in [1.54, 1.807) is 31.4 Å². The van der Waals surface area contributed by atoms with E-state index in [4.69, 9.17) is 9.47 Å². The van der Waals surface area contributed by atoms with Crippen LogP contribution in [-0.4, -0.2) is 32.1 Å². The van der Waals surface area contributed by atoms with Crippen LogP contribution in [0.1, 0.15) is 54.2 Å². The molecule has 0 aliphatic heterocycles. The van der Waals surface area contributed by atoms with Crippen molar-refractivity contribution in [2.45, 2.75) is 39.7 Å². The molecule has 156 valence electrons. The fourth-order valence-corrected chi connectivity index (χ4v) is 2.86. The minimum absolute atomic E-state index is 0.105. The number of methoxy groups -OCH3 is 1. The number of unbranched alkanes of at least 4 members (excludes halogenated alkanes) is 1. The van der Waals surface area contributed by atoms with Gasteiger partial charge in [-0.2, -0.15) is 0 Å². The smallest absolute Gasteiger partial charge is 0.251 e. The van der Waals surface area contributed by atoms with Crippen molar-refractivity contribution in [3.63, 3.8) is 0 Å². The second kappa shape index (κ2) is 11.1. The predicted octanol–water partition coefficient (Wildman–Crippen LogP) is 3.79. The molecule has 0 aliphatic carbocycles. The highest BCUT2D eigenvalue weighted by molar-refractivity contribution is 5.96. The van der Waals surface area contributed by atoms with E-state index in [0.717, 1.165) is 29.7 Å². The van der Waals surface area contributed by atoms with E-state index in [-0.39, 0.29) is 24.4 Å². The molecule has 0 saturated carbocycles. The summed E-state index contributed by atoms with van der Waals surface area (Å²) in [5.74, 6) is 0.873. The minimum Gasteiger partial charge on any atom is -0.496 e. The zero-order valence-electron chi connectivity index (χ0n) is 17.6. The Hall–Kier alpha value is -3.02. The number of amides is 2. The average molecular weight is 399 g/mol. The summed E-state index contributed by atoms with van der Waals surface area (Å²) in [4.78, 5) is 24.5. The third kappa shape index (κ3) is 6.82. The summed E-state index contributed by atoms with van der Waals surface area (Å²) < 4.78 is 11.0. The first kappa shape index (κ1) is 22.3. The van der Waals surface area contributed by atoms with Gasteiger partial charge in [0, 0.05) is 11.1 Å². The molecule has 2 aromatic rings. The minimum atomic E-state index is -0.305. The molecule has 0 unspecified atom stereocenters. The van der Waals surface area contributed by atoms with Gasteiger partial charge in [-0.3, -0.25) is 9.59 Å². The number of nitrogens with one attached hydrogen (secondary N) is 2. The topological polar surface area (TPSA) is 76.7 Å². The molecule has 6 nitrogen and oxygen atoms in total. The third-order valence-corrected chi connectivity index (χ3v) is 4.52. The highest BCUT2D eigenvalue weighted by atomic mass is 16.5. The molecule has 1 atom stereocenters. The lowest BCUT2D eigenvalue weighted by Crippen LogP contribution is -2.38. The molecule has 0 aliphatic rings. The van der Waals surface area contributed by atoms with Gasteiger partial charge in [0.2, 0.25) is 5.91 Å². The second-order valence-electron chi connectivity index (χ2n) is 6.94. The van der Waals surface area contributed by atoms with Gasteiger partial charge < -0.3 is 20.1 Å². The van der Waals surface area contributed by atoms with E-state index in [9.17, 15) is 9.59 Å². The fraction of sp³-hybridized carbons (Fsp3) is 0.391. The zero-order chi connectivity index (χ0) is 21.2. The lowest BCUT2D eigenvalue weighted by atomic mass is 10.0. The predicted molar refractivity (Wildman–Crippen MR) is 113 cm³/mol. The van der Waals surface area contributed by atoms with Crippen LogP contribution in [0.15, 0.2) is 42.5 Å². The number of hydrogen-bond acceptors (Lipinski definition) is 4. The third-order valence-electron chi connectivity index (χ3n) is 4.52. The van der Waals surface area contributed by atoms with Crippen LogP contribution in [0.4, 0.5) is 0 Å². The van der Waals surface area contributed by atoms with Crippen molar-refractivity contribution >= 4 is 11.8 Å². The average Bonchev–Trinajstić information content (AvgIpc) is 2.72. The zero-order valence-corrected chi connectivity index (χ0v) is 17.6. The SMILES string of the molecule is CCCCOc1ccc(C(=O)NCC(=O)N[C@H](C)c2cc(C)ccc2OC)cc1. The Bertz CT molecular complexity index is 818. The number of carbonyl (C=O) groups excluding carboxylic acids is 2. The van der Waals surface area contributed by atoms with Crippen LogP contribution in [0.2, 0.25) is 0 Å². The number of benzene rings is 2. The molecule has 2 rings (SSSR count). The lowest BCUT2D eigenvalue weighted by Gasteiger charge is -2.18. The van der Waals surface area contributed by atoms with Crippen LogP contribution in [-0.2, 0) is 4.79 Å². The van der Waals surface area contributed by atoms with Crippen LogP contribution >= 0.6 is 0 Å². The van der Waals surface area contributed by atoms with Crippen molar-refractivity contribution in [3.05, 3.63) is 59.2 Å². The summed E-state index contributed by atoms with van der Waals surface area (Å²) in [6.45, 7) is 6.52. The molecular formula is C23H30N2O4. The van der Waals surface area contributed by atoms with Crippen LogP contribution in [0.5, 0.6) is 11.5 Å². The van der Waals surface area contributed by atoms with E-state index in [0.29, 0.717) is 17.9 Å². The monoisotopic (exact) mass is 398 g/mol. The maximum atomic E-state index is 12.3. The molecule has 0 aromatic heterocycles. The molecule has 2 N–H and O–H groups in total. The normalized spacial score (nSPS) is 11.4. The maximum absolute atomic E-state index is 12.3. The molecule has 0 heterocycles. The van der Waals surface area contributed by atoms with Gasteiger partial charge in [-0.25, -0.2) is 0 Å². The summed E-state index contributed by atoms with van der Waals surface area (Å²) in [7, 11) is 1.60. The first-order valence-electron chi connectivity index (χ1n) is 9.89. The Balaban J connectivity index is 1.85. The lowest BCUT2D eigenvalue weighted by molar-refractivity contribution is -0.120. The van der Waals surface area contributed by atoms with Gasteiger partial charge in [-0.1, -0.05) is 31.0 Å². The van der Waals surface area contributed by atoms with Gasteiger partial charge >= 0.3 is 0 Å². The molecule has 0 bridgehead atoms. The molecule has 29 heavy (non-hydrogen) atoms. The van der Waals surface area contributed by atoms with Gasteiger partial charge in [0.1, 0.15) is 11.5 Å². The molecule has 0 radical (unpaired) electrons. The van der Waals surface area contributed by atoms with Gasteiger partial charge in [0.05, 0.1) is 26.3 Å². The number of rotatable bonds is 10. The second-order valence-corrected chi connectivity index (χ2v) is 6.94. The van der Waals surface area contributed by atoms with Crippen molar-refractivity contribution < 1.29 is 19.1 Å². The van der Waals surface area contributed by atoms with E-state index >= 15 is 0 Å². The maximum Gasteiger partial charge on any atom is 0.251 e.